The van der Waals surface area contributed by atoms with Gasteiger partial charge in [0.05, 0.1) is 0 Å². The van der Waals surface area contributed by atoms with E-state index in [1.165, 1.54) is 10.8 Å². The molecule has 0 saturated heterocycles. The molecule has 4 rings (SSSR count). The second-order valence-corrected chi connectivity index (χ2v) is 4.12. The average molecular weight is 251 g/mol. The Labute approximate surface area is 107 Å². The lowest BCUT2D eigenvalue weighted by atomic mass is 10.2. The first kappa shape index (κ1) is 10.0. The molecule has 0 atom stereocenters. The molecule has 92 valence electrons. The molecule has 0 fully saturated rings. The Morgan fingerprint density at radius 2 is 1.95 bits per heavy atom. The molecule has 0 amide bonds. The van der Waals surface area contributed by atoms with Gasteiger partial charge in [0, 0.05) is 5.56 Å². The Morgan fingerprint density at radius 3 is 2.79 bits per heavy atom. The molecular formula is C12H9N7. The third kappa shape index (κ3) is 1.38. The maximum absolute atomic E-state index is 5.81. The second kappa shape index (κ2) is 3.52. The van der Waals surface area contributed by atoms with Gasteiger partial charge in [0.2, 0.25) is 5.95 Å². The summed E-state index contributed by atoms with van der Waals surface area (Å²) in [6.07, 6.45) is 1.44. The average Bonchev–Trinajstić information content (AvgIpc) is 3.05. The van der Waals surface area contributed by atoms with Crippen LogP contribution in [0.15, 0.2) is 36.7 Å². The normalized spacial score (nSPS) is 11.4. The molecule has 0 spiro atoms. The SMILES string of the molecule is Nc1nc2nc(-c3ccccc3)[nH]c2c2ncnn12. The molecule has 0 saturated carbocycles. The summed E-state index contributed by atoms with van der Waals surface area (Å²) >= 11 is 0. The lowest BCUT2D eigenvalue weighted by molar-refractivity contribution is 0.948. The fourth-order valence-corrected chi connectivity index (χ4v) is 2.07. The van der Waals surface area contributed by atoms with Crippen LogP contribution in [0.4, 0.5) is 5.95 Å². The van der Waals surface area contributed by atoms with Crippen LogP contribution < -0.4 is 5.73 Å². The minimum Gasteiger partial charge on any atom is -0.368 e. The number of imidazole rings is 1. The highest BCUT2D eigenvalue weighted by molar-refractivity contribution is 5.88. The highest BCUT2D eigenvalue weighted by Crippen LogP contribution is 2.22. The van der Waals surface area contributed by atoms with Crippen molar-refractivity contribution in [3.63, 3.8) is 0 Å². The number of hydrogen-bond acceptors (Lipinski definition) is 5. The fraction of sp³-hybridized carbons (Fsp3) is 0. The zero-order chi connectivity index (χ0) is 12.8. The van der Waals surface area contributed by atoms with Gasteiger partial charge in [-0.2, -0.15) is 14.6 Å². The summed E-state index contributed by atoms with van der Waals surface area (Å²) in [6.45, 7) is 0. The van der Waals surface area contributed by atoms with Crippen LogP contribution in [0, 0.1) is 0 Å². The van der Waals surface area contributed by atoms with E-state index in [1.807, 2.05) is 30.3 Å². The Kier molecular flexibility index (Phi) is 1.85. The van der Waals surface area contributed by atoms with E-state index in [9.17, 15) is 0 Å². The number of aromatic nitrogens is 6. The van der Waals surface area contributed by atoms with Crippen molar-refractivity contribution in [1.82, 2.24) is 29.5 Å². The summed E-state index contributed by atoms with van der Waals surface area (Å²) in [5.41, 5.74) is 8.68. The number of fused-ring (bicyclic) bond motifs is 3. The summed E-state index contributed by atoms with van der Waals surface area (Å²) in [5.74, 6) is 1.00. The molecule has 0 aliphatic heterocycles. The standard InChI is InChI=1S/C12H9N7/c13-12-18-10-8(11-14-6-15-19(11)12)16-9(17-10)7-4-2-1-3-5-7/h1-6H,(H2,13,18)(H,16,17). The second-order valence-electron chi connectivity index (χ2n) is 4.12. The number of H-pyrrole nitrogens is 1. The number of nitrogen functional groups attached to an aromatic ring is 1. The highest BCUT2D eigenvalue weighted by atomic mass is 15.3. The van der Waals surface area contributed by atoms with Gasteiger partial charge in [0.15, 0.2) is 11.3 Å². The van der Waals surface area contributed by atoms with Gasteiger partial charge in [-0.3, -0.25) is 0 Å². The molecule has 7 heteroatoms. The van der Waals surface area contributed by atoms with Gasteiger partial charge in [-0.25, -0.2) is 9.97 Å². The van der Waals surface area contributed by atoms with Gasteiger partial charge < -0.3 is 10.7 Å². The number of nitrogens with one attached hydrogen (secondary N) is 1. The van der Waals surface area contributed by atoms with Crippen LogP contribution in [0.3, 0.4) is 0 Å². The molecule has 19 heavy (non-hydrogen) atoms. The number of aromatic amines is 1. The summed E-state index contributed by atoms with van der Waals surface area (Å²) in [5, 5.41) is 4.02. The van der Waals surface area contributed by atoms with E-state index in [0.29, 0.717) is 11.3 Å². The molecule has 3 heterocycles. The van der Waals surface area contributed by atoms with Crippen LogP contribution in [-0.2, 0) is 0 Å². The first-order valence-electron chi connectivity index (χ1n) is 5.73. The lowest BCUT2D eigenvalue weighted by Gasteiger charge is -1.95. The predicted molar refractivity (Wildman–Crippen MR) is 70.3 cm³/mol. The van der Waals surface area contributed by atoms with E-state index < -0.39 is 0 Å². The number of rotatable bonds is 1. The number of hydrogen-bond donors (Lipinski definition) is 2. The summed E-state index contributed by atoms with van der Waals surface area (Å²) in [7, 11) is 0. The molecule has 0 aliphatic rings. The van der Waals surface area contributed by atoms with Crippen LogP contribution >= 0.6 is 0 Å². The minimum atomic E-state index is 0.270. The molecule has 7 nitrogen and oxygen atoms in total. The van der Waals surface area contributed by atoms with Crippen molar-refractivity contribution in [1.29, 1.82) is 0 Å². The van der Waals surface area contributed by atoms with E-state index in [0.717, 1.165) is 16.9 Å². The van der Waals surface area contributed by atoms with Gasteiger partial charge in [-0.15, -0.1) is 0 Å². The monoisotopic (exact) mass is 251 g/mol. The maximum Gasteiger partial charge on any atom is 0.225 e. The molecule has 1 aromatic carbocycles. The zero-order valence-electron chi connectivity index (χ0n) is 9.78. The van der Waals surface area contributed by atoms with E-state index in [2.05, 4.69) is 25.0 Å². The number of anilines is 1. The Bertz CT molecular complexity index is 875. The van der Waals surface area contributed by atoms with Crippen molar-refractivity contribution in [3.05, 3.63) is 36.7 Å². The maximum atomic E-state index is 5.81. The van der Waals surface area contributed by atoms with Crippen LogP contribution in [0.1, 0.15) is 0 Å². The van der Waals surface area contributed by atoms with Crippen molar-refractivity contribution < 1.29 is 0 Å². The largest absolute Gasteiger partial charge is 0.368 e. The third-order valence-electron chi connectivity index (χ3n) is 2.94. The summed E-state index contributed by atoms with van der Waals surface area (Å²) in [6, 6.07) is 9.82. The van der Waals surface area contributed by atoms with E-state index in [1.54, 1.807) is 0 Å². The number of benzene rings is 1. The highest BCUT2D eigenvalue weighted by Gasteiger charge is 2.13. The van der Waals surface area contributed by atoms with Gasteiger partial charge in [0.25, 0.3) is 0 Å². The Hall–Kier alpha value is -2.96. The minimum absolute atomic E-state index is 0.270. The quantitative estimate of drug-likeness (QED) is 0.530. The van der Waals surface area contributed by atoms with Gasteiger partial charge >= 0.3 is 0 Å². The van der Waals surface area contributed by atoms with Crippen LogP contribution in [-0.4, -0.2) is 29.5 Å². The van der Waals surface area contributed by atoms with Gasteiger partial charge in [-0.05, 0) is 0 Å². The molecule has 0 aliphatic carbocycles. The smallest absolute Gasteiger partial charge is 0.225 e. The van der Waals surface area contributed by atoms with E-state index >= 15 is 0 Å². The molecular weight excluding hydrogens is 242 g/mol. The number of nitrogens with two attached hydrogens (primary N) is 1. The van der Waals surface area contributed by atoms with E-state index in [4.69, 9.17) is 5.73 Å². The topological polar surface area (TPSA) is 97.8 Å². The Morgan fingerprint density at radius 1 is 1.11 bits per heavy atom. The zero-order valence-corrected chi connectivity index (χ0v) is 9.78. The third-order valence-corrected chi connectivity index (χ3v) is 2.94. The fourth-order valence-electron chi connectivity index (χ4n) is 2.07. The molecule has 0 radical (unpaired) electrons. The predicted octanol–water partition coefficient (Wildman–Crippen LogP) is 1.25. The van der Waals surface area contributed by atoms with Gasteiger partial charge in [0.1, 0.15) is 17.7 Å². The van der Waals surface area contributed by atoms with Crippen molar-refractivity contribution in [2.75, 3.05) is 5.73 Å². The number of nitrogens with zero attached hydrogens (tertiary/aromatic N) is 5. The molecule has 3 aromatic heterocycles. The van der Waals surface area contributed by atoms with E-state index in [-0.39, 0.29) is 5.95 Å². The van der Waals surface area contributed by atoms with Crippen molar-refractivity contribution in [2.24, 2.45) is 0 Å². The van der Waals surface area contributed by atoms with Gasteiger partial charge in [-0.1, -0.05) is 30.3 Å². The van der Waals surface area contributed by atoms with Crippen molar-refractivity contribution in [3.8, 4) is 11.4 Å². The van der Waals surface area contributed by atoms with Crippen LogP contribution in [0.2, 0.25) is 0 Å². The van der Waals surface area contributed by atoms with Crippen LogP contribution in [0.25, 0.3) is 28.2 Å². The molecule has 3 N–H and O–H groups in total. The summed E-state index contributed by atoms with van der Waals surface area (Å²) in [4.78, 5) is 16.1. The first-order chi connectivity index (χ1) is 9.33. The first-order valence-corrected chi connectivity index (χ1v) is 5.73. The molecule has 4 aromatic rings. The van der Waals surface area contributed by atoms with Crippen molar-refractivity contribution in [2.45, 2.75) is 0 Å². The van der Waals surface area contributed by atoms with Crippen molar-refractivity contribution >= 4 is 22.8 Å². The lowest BCUT2D eigenvalue weighted by Crippen LogP contribution is -2.02. The van der Waals surface area contributed by atoms with Crippen LogP contribution in [0.5, 0.6) is 0 Å². The molecule has 0 unspecified atom stereocenters. The molecule has 0 bridgehead atoms. The summed E-state index contributed by atoms with van der Waals surface area (Å²) < 4.78 is 1.48. The Balaban J connectivity index is 2.06.